The van der Waals surface area contributed by atoms with Crippen molar-refractivity contribution < 1.29 is 24.2 Å². The summed E-state index contributed by atoms with van der Waals surface area (Å²) in [7, 11) is -4.55. The van der Waals surface area contributed by atoms with E-state index in [-0.39, 0.29) is 6.61 Å². The minimum atomic E-state index is -4.55. The van der Waals surface area contributed by atoms with Crippen LogP contribution in [0.3, 0.4) is 0 Å². The largest absolute Gasteiger partial charge is 0.687 e. The summed E-state index contributed by atoms with van der Waals surface area (Å²) in [6.45, 7) is 1.36. The van der Waals surface area contributed by atoms with Gasteiger partial charge in [-0.05, 0) is 17.2 Å². The number of hydrogen-bond acceptors (Lipinski definition) is 5. The number of ether oxygens (including phenoxy) is 1. The second-order valence-electron chi connectivity index (χ2n) is 3.37. The van der Waals surface area contributed by atoms with Gasteiger partial charge in [0, 0.05) is 6.92 Å². The number of hydrogen-bond donors (Lipinski definition) is 0. The predicted octanol–water partition coefficient (Wildman–Crippen LogP) is -0.907. The Morgan fingerprint density at radius 3 is 2.50 bits per heavy atom. The number of benzene rings is 1. The van der Waals surface area contributed by atoms with Crippen LogP contribution in [-0.2, 0) is 22.3 Å². The van der Waals surface area contributed by atoms with E-state index in [2.05, 4.69) is 0 Å². The van der Waals surface area contributed by atoms with Crippen LogP contribution < -0.4 is 14.7 Å². The highest BCUT2D eigenvalue weighted by Gasteiger charge is 2.03. The summed E-state index contributed by atoms with van der Waals surface area (Å²) in [5.74, 6) is -0.413. The van der Waals surface area contributed by atoms with Crippen LogP contribution in [0.5, 0.6) is 0 Å². The van der Waals surface area contributed by atoms with Gasteiger partial charge in [-0.1, -0.05) is 18.2 Å². The summed E-state index contributed by atoms with van der Waals surface area (Å²) in [6, 6.07) is 6.38. The van der Waals surface area contributed by atoms with Crippen LogP contribution in [0.4, 0.5) is 0 Å². The van der Waals surface area contributed by atoms with Crippen molar-refractivity contribution in [2.75, 3.05) is 0 Å². The molecule has 0 saturated heterocycles. The zero-order chi connectivity index (χ0) is 12.2. The first-order valence-corrected chi connectivity index (χ1v) is 6.32. The SMILES string of the molecule is CC(=O)OCc1cccc(C[P+]([O-])([O-])[O-])c1. The first kappa shape index (κ1) is 13.1. The van der Waals surface area contributed by atoms with Gasteiger partial charge < -0.3 is 19.4 Å². The highest BCUT2D eigenvalue weighted by molar-refractivity contribution is 7.53. The van der Waals surface area contributed by atoms with Gasteiger partial charge in [-0.25, -0.2) is 0 Å². The van der Waals surface area contributed by atoms with Crippen LogP contribution in [0.1, 0.15) is 18.1 Å². The lowest BCUT2D eigenvalue weighted by molar-refractivity contribution is -0.428. The van der Waals surface area contributed by atoms with E-state index < -0.39 is 20.1 Å². The van der Waals surface area contributed by atoms with E-state index in [0.717, 1.165) is 0 Å². The molecule has 6 heteroatoms. The van der Waals surface area contributed by atoms with Crippen molar-refractivity contribution in [3.63, 3.8) is 0 Å². The molecule has 0 spiro atoms. The second kappa shape index (κ2) is 5.37. The Morgan fingerprint density at radius 1 is 1.31 bits per heavy atom. The average molecular weight is 242 g/mol. The van der Waals surface area contributed by atoms with Crippen molar-refractivity contribution >= 4 is 13.9 Å². The molecule has 0 N–H and O–H groups in total. The Labute approximate surface area is 93.9 Å². The summed E-state index contributed by atoms with van der Waals surface area (Å²) < 4.78 is 4.75. The number of carbonyl (C=O) groups is 1. The Kier molecular flexibility index (Phi) is 4.38. The zero-order valence-corrected chi connectivity index (χ0v) is 9.61. The zero-order valence-electron chi connectivity index (χ0n) is 8.71. The molecule has 0 unspecified atom stereocenters. The number of carbonyl (C=O) groups excluding carboxylic acids is 1. The molecule has 0 atom stereocenters. The first-order chi connectivity index (χ1) is 7.37. The first-order valence-electron chi connectivity index (χ1n) is 4.59. The molecule has 5 nitrogen and oxygen atoms in total. The number of esters is 1. The van der Waals surface area contributed by atoms with E-state index in [1.165, 1.54) is 13.0 Å². The van der Waals surface area contributed by atoms with Crippen LogP contribution in [-0.4, -0.2) is 5.97 Å². The topological polar surface area (TPSA) is 95.5 Å². The minimum absolute atomic E-state index is 0.0746. The van der Waals surface area contributed by atoms with Crippen LogP contribution in [0.15, 0.2) is 24.3 Å². The van der Waals surface area contributed by atoms with Gasteiger partial charge in [0.1, 0.15) is 6.61 Å². The normalized spacial score (nSPS) is 11.2. The third-order valence-corrected chi connectivity index (χ3v) is 2.56. The molecule has 1 aromatic carbocycles. The lowest BCUT2D eigenvalue weighted by Crippen LogP contribution is -2.33. The molecule has 16 heavy (non-hydrogen) atoms. The molecular weight excluding hydrogens is 231 g/mol. The highest BCUT2D eigenvalue weighted by Crippen LogP contribution is 2.33. The lowest BCUT2D eigenvalue weighted by atomic mass is 10.1. The smallest absolute Gasteiger partial charge is 0.302 e. The van der Waals surface area contributed by atoms with Gasteiger partial charge in [-0.2, -0.15) is 7.94 Å². The molecule has 1 aromatic rings. The van der Waals surface area contributed by atoms with E-state index in [9.17, 15) is 19.5 Å². The van der Waals surface area contributed by atoms with Crippen molar-refractivity contribution in [2.45, 2.75) is 19.7 Å². The van der Waals surface area contributed by atoms with E-state index in [0.29, 0.717) is 11.1 Å². The van der Waals surface area contributed by atoms with Crippen LogP contribution in [0.2, 0.25) is 0 Å². The van der Waals surface area contributed by atoms with Crippen molar-refractivity contribution in [3.8, 4) is 0 Å². The molecule has 1 rings (SSSR count). The Bertz CT molecular complexity index is 372. The van der Waals surface area contributed by atoms with Crippen molar-refractivity contribution in [1.29, 1.82) is 0 Å². The highest BCUT2D eigenvalue weighted by atomic mass is 31.2. The standard InChI is InChI=1S/C10H13O5P/c1-8(11)15-6-9-3-2-4-10(5-9)7-16(12,13)14/h2-5H,6-7H2,1H3,(H2,12,13,14)/p-2. The monoisotopic (exact) mass is 242 g/mol. The molecular formula is C10H11O5P-2. The van der Waals surface area contributed by atoms with Crippen LogP contribution in [0.25, 0.3) is 0 Å². The molecule has 0 amide bonds. The fourth-order valence-electron chi connectivity index (χ4n) is 1.23. The van der Waals surface area contributed by atoms with Gasteiger partial charge in [0.2, 0.25) is 0 Å². The average Bonchev–Trinajstić information content (AvgIpc) is 2.12. The Balaban J connectivity index is 2.67. The third-order valence-electron chi connectivity index (χ3n) is 1.81. The van der Waals surface area contributed by atoms with Crippen LogP contribution in [0, 0.1) is 0 Å². The Hall–Kier alpha value is -1.00. The Morgan fingerprint density at radius 2 is 1.94 bits per heavy atom. The van der Waals surface area contributed by atoms with Gasteiger partial charge in [-0.15, -0.1) is 0 Å². The van der Waals surface area contributed by atoms with E-state index in [4.69, 9.17) is 4.74 Å². The minimum Gasteiger partial charge on any atom is -0.687 e. The molecule has 0 aromatic heterocycles. The summed E-state index contributed by atoms with van der Waals surface area (Å²) >= 11 is 0. The van der Waals surface area contributed by atoms with Crippen molar-refractivity contribution in [3.05, 3.63) is 35.4 Å². The molecule has 0 aliphatic heterocycles. The van der Waals surface area contributed by atoms with Gasteiger partial charge in [-0.3, -0.25) is 4.79 Å². The van der Waals surface area contributed by atoms with Crippen molar-refractivity contribution in [1.82, 2.24) is 0 Å². The quantitative estimate of drug-likeness (QED) is 0.503. The van der Waals surface area contributed by atoms with Crippen LogP contribution >= 0.6 is 7.94 Å². The lowest BCUT2D eigenvalue weighted by Gasteiger charge is -2.42. The maximum Gasteiger partial charge on any atom is 0.302 e. The summed E-state index contributed by atoms with van der Waals surface area (Å²) in [6.07, 6.45) is -0.527. The molecule has 0 fully saturated rings. The fraction of sp³-hybridized carbons (Fsp3) is 0.300. The van der Waals surface area contributed by atoms with Crippen molar-refractivity contribution in [2.24, 2.45) is 0 Å². The summed E-state index contributed by atoms with van der Waals surface area (Å²) in [5.41, 5.74) is 1.05. The molecule has 0 saturated carbocycles. The fourth-order valence-corrected chi connectivity index (χ4v) is 1.87. The van der Waals surface area contributed by atoms with Gasteiger partial charge in [0.25, 0.3) is 0 Å². The summed E-state index contributed by atoms with van der Waals surface area (Å²) in [4.78, 5) is 42.3. The molecule has 0 aliphatic carbocycles. The molecule has 0 bridgehead atoms. The van der Waals surface area contributed by atoms with E-state index in [1.807, 2.05) is 0 Å². The van der Waals surface area contributed by atoms with E-state index >= 15 is 0 Å². The third kappa shape index (κ3) is 5.19. The second-order valence-corrected chi connectivity index (χ2v) is 4.91. The van der Waals surface area contributed by atoms with Gasteiger partial charge in [0.05, 0.1) is 6.16 Å². The predicted molar refractivity (Wildman–Crippen MR) is 52.5 cm³/mol. The van der Waals surface area contributed by atoms with Gasteiger partial charge in [0.15, 0.2) is 0 Å². The maximum atomic E-state index is 10.6. The van der Waals surface area contributed by atoms with Gasteiger partial charge >= 0.3 is 5.97 Å². The molecule has 0 radical (unpaired) electrons. The maximum absolute atomic E-state index is 10.6. The summed E-state index contributed by atoms with van der Waals surface area (Å²) in [5, 5.41) is 0. The molecule has 88 valence electrons. The van der Waals surface area contributed by atoms with E-state index in [1.54, 1.807) is 18.2 Å². The molecule has 0 aliphatic rings. The number of rotatable bonds is 4. The molecule has 0 heterocycles.